The third kappa shape index (κ3) is 4.60. The average Bonchev–Trinajstić information content (AvgIpc) is 2.77. The molecule has 0 saturated carbocycles. The van der Waals surface area contributed by atoms with Gasteiger partial charge in [-0.1, -0.05) is 31.2 Å². The summed E-state index contributed by atoms with van der Waals surface area (Å²) in [6.45, 7) is 4.72. The molecule has 1 saturated heterocycles. The van der Waals surface area contributed by atoms with Crippen LogP contribution in [0.2, 0.25) is 0 Å². The molecule has 0 aliphatic carbocycles. The number of hydrogen-bond acceptors (Lipinski definition) is 4. The van der Waals surface area contributed by atoms with Gasteiger partial charge in [-0.15, -0.1) is 0 Å². The first-order valence-corrected chi connectivity index (χ1v) is 11.8. The molecular formula is C24H28N2O3S. The van der Waals surface area contributed by atoms with Crippen LogP contribution in [0.5, 0.6) is 5.75 Å². The zero-order valence-electron chi connectivity index (χ0n) is 17.5. The second-order valence-electron chi connectivity index (χ2n) is 8.06. The summed E-state index contributed by atoms with van der Waals surface area (Å²) in [5.74, 6) is 1.46. The van der Waals surface area contributed by atoms with Gasteiger partial charge in [0.1, 0.15) is 5.75 Å². The summed E-state index contributed by atoms with van der Waals surface area (Å²) in [5, 5.41) is 1.80. The van der Waals surface area contributed by atoms with E-state index in [2.05, 4.69) is 28.7 Å². The van der Waals surface area contributed by atoms with Crippen LogP contribution >= 0.6 is 0 Å². The molecule has 0 radical (unpaired) electrons. The molecule has 158 valence electrons. The third-order valence-corrected chi connectivity index (χ3v) is 7.15. The fourth-order valence-electron chi connectivity index (χ4n) is 4.01. The van der Waals surface area contributed by atoms with Crippen LogP contribution in [0.25, 0.3) is 10.8 Å². The minimum absolute atomic E-state index is 0.263. The topological polar surface area (TPSA) is 58.6 Å². The quantitative estimate of drug-likeness (QED) is 0.630. The van der Waals surface area contributed by atoms with E-state index in [1.54, 1.807) is 25.3 Å². The smallest absolute Gasteiger partial charge is 0.240 e. The van der Waals surface area contributed by atoms with E-state index < -0.39 is 10.0 Å². The number of sulfonamides is 1. The van der Waals surface area contributed by atoms with Crippen molar-refractivity contribution in [1.82, 2.24) is 4.72 Å². The SMILES string of the molecule is COc1ccc2cc(S(=O)(=O)NCc3ccc(N4CCC[C@H](C)C4)cc3)ccc2c1. The Labute approximate surface area is 178 Å². The summed E-state index contributed by atoms with van der Waals surface area (Å²) in [6, 6.07) is 18.9. The Kier molecular flexibility index (Phi) is 5.97. The summed E-state index contributed by atoms with van der Waals surface area (Å²) in [4.78, 5) is 2.67. The highest BCUT2D eigenvalue weighted by Crippen LogP contribution is 2.25. The van der Waals surface area contributed by atoms with Crippen LogP contribution in [-0.4, -0.2) is 28.6 Å². The summed E-state index contributed by atoms with van der Waals surface area (Å²) >= 11 is 0. The van der Waals surface area contributed by atoms with Crippen LogP contribution in [0.4, 0.5) is 5.69 Å². The minimum atomic E-state index is -3.60. The van der Waals surface area contributed by atoms with Crippen molar-refractivity contribution in [3.63, 3.8) is 0 Å². The molecule has 1 heterocycles. The molecule has 30 heavy (non-hydrogen) atoms. The Morgan fingerprint density at radius 2 is 1.77 bits per heavy atom. The summed E-state index contributed by atoms with van der Waals surface area (Å²) in [7, 11) is -1.98. The predicted octanol–water partition coefficient (Wildman–Crippen LogP) is 4.56. The summed E-state index contributed by atoms with van der Waals surface area (Å²) < 4.78 is 33.5. The van der Waals surface area contributed by atoms with Gasteiger partial charge in [-0.05, 0) is 71.5 Å². The molecular weight excluding hydrogens is 396 g/mol. The van der Waals surface area contributed by atoms with Gasteiger partial charge in [-0.3, -0.25) is 0 Å². The molecule has 3 aromatic rings. The predicted molar refractivity (Wildman–Crippen MR) is 122 cm³/mol. The summed E-state index contributed by atoms with van der Waals surface area (Å²) in [5.41, 5.74) is 2.15. The fourth-order valence-corrected chi connectivity index (χ4v) is 5.06. The van der Waals surface area contributed by atoms with Crippen molar-refractivity contribution in [3.05, 3.63) is 66.2 Å². The molecule has 5 nitrogen and oxygen atoms in total. The number of piperidine rings is 1. The van der Waals surface area contributed by atoms with Crippen molar-refractivity contribution in [2.75, 3.05) is 25.1 Å². The number of methoxy groups -OCH3 is 1. The van der Waals surface area contributed by atoms with Gasteiger partial charge < -0.3 is 9.64 Å². The first kappa shape index (κ1) is 20.7. The van der Waals surface area contributed by atoms with Crippen LogP contribution in [0.15, 0.2) is 65.6 Å². The lowest BCUT2D eigenvalue weighted by molar-refractivity contribution is 0.415. The highest BCUT2D eigenvalue weighted by molar-refractivity contribution is 7.89. The van der Waals surface area contributed by atoms with Crippen molar-refractivity contribution < 1.29 is 13.2 Å². The monoisotopic (exact) mass is 424 g/mol. The Morgan fingerprint density at radius 3 is 2.50 bits per heavy atom. The normalized spacial score (nSPS) is 17.3. The van der Waals surface area contributed by atoms with Crippen LogP contribution < -0.4 is 14.4 Å². The minimum Gasteiger partial charge on any atom is -0.497 e. The second-order valence-corrected chi connectivity index (χ2v) is 9.83. The van der Waals surface area contributed by atoms with Crippen molar-refractivity contribution in [2.24, 2.45) is 5.92 Å². The highest BCUT2D eigenvalue weighted by atomic mass is 32.2. The maximum atomic E-state index is 12.8. The molecule has 1 fully saturated rings. The van der Waals surface area contributed by atoms with Crippen LogP contribution in [0.1, 0.15) is 25.3 Å². The molecule has 1 N–H and O–H groups in total. The van der Waals surface area contributed by atoms with Gasteiger partial charge in [0.25, 0.3) is 0 Å². The number of anilines is 1. The molecule has 0 amide bonds. The molecule has 4 rings (SSSR count). The maximum Gasteiger partial charge on any atom is 0.240 e. The van der Waals surface area contributed by atoms with E-state index in [-0.39, 0.29) is 11.4 Å². The zero-order valence-corrected chi connectivity index (χ0v) is 18.3. The van der Waals surface area contributed by atoms with E-state index in [1.807, 2.05) is 30.3 Å². The van der Waals surface area contributed by atoms with E-state index in [4.69, 9.17) is 4.74 Å². The molecule has 6 heteroatoms. The van der Waals surface area contributed by atoms with Gasteiger partial charge in [0.05, 0.1) is 12.0 Å². The van der Waals surface area contributed by atoms with Gasteiger partial charge >= 0.3 is 0 Å². The standard InChI is InChI=1S/C24H28N2O3S/c1-18-4-3-13-26(17-18)22-9-5-19(6-10-22)16-25-30(27,28)24-12-8-20-14-23(29-2)11-7-21(20)15-24/h5-12,14-15,18,25H,3-4,13,16-17H2,1-2H3/t18-/m0/s1. The maximum absolute atomic E-state index is 12.8. The molecule has 1 atom stereocenters. The number of nitrogens with zero attached hydrogens (tertiary/aromatic N) is 1. The first-order valence-electron chi connectivity index (χ1n) is 10.4. The van der Waals surface area contributed by atoms with Crippen LogP contribution in [-0.2, 0) is 16.6 Å². The lowest BCUT2D eigenvalue weighted by Gasteiger charge is -2.32. The first-order chi connectivity index (χ1) is 14.4. The molecule has 1 aliphatic heterocycles. The molecule has 1 aliphatic rings. The van der Waals surface area contributed by atoms with E-state index in [9.17, 15) is 8.42 Å². The molecule has 0 aromatic heterocycles. The average molecular weight is 425 g/mol. The number of rotatable bonds is 6. The number of nitrogens with one attached hydrogen (secondary N) is 1. The van der Waals surface area contributed by atoms with E-state index >= 15 is 0 Å². The van der Waals surface area contributed by atoms with Gasteiger partial charge in [-0.25, -0.2) is 13.1 Å². The van der Waals surface area contributed by atoms with Gasteiger partial charge in [0, 0.05) is 25.3 Å². The molecule has 0 spiro atoms. The highest BCUT2D eigenvalue weighted by Gasteiger charge is 2.17. The number of hydrogen-bond donors (Lipinski definition) is 1. The Morgan fingerprint density at radius 1 is 1.03 bits per heavy atom. The van der Waals surface area contributed by atoms with Crippen molar-refractivity contribution >= 4 is 26.5 Å². The van der Waals surface area contributed by atoms with E-state index in [0.717, 1.165) is 35.2 Å². The van der Waals surface area contributed by atoms with Gasteiger partial charge in [0.2, 0.25) is 10.0 Å². The second kappa shape index (κ2) is 8.66. The van der Waals surface area contributed by atoms with E-state index in [1.165, 1.54) is 18.5 Å². The Hall–Kier alpha value is -2.57. The molecule has 0 unspecified atom stereocenters. The van der Waals surface area contributed by atoms with Gasteiger partial charge in [-0.2, -0.15) is 0 Å². The number of benzene rings is 3. The third-order valence-electron chi connectivity index (χ3n) is 5.75. The van der Waals surface area contributed by atoms with Crippen molar-refractivity contribution in [3.8, 4) is 5.75 Å². The lowest BCUT2D eigenvalue weighted by Crippen LogP contribution is -2.34. The largest absolute Gasteiger partial charge is 0.497 e. The van der Waals surface area contributed by atoms with E-state index in [0.29, 0.717) is 5.92 Å². The summed E-state index contributed by atoms with van der Waals surface area (Å²) in [6.07, 6.45) is 2.51. The van der Waals surface area contributed by atoms with Gasteiger partial charge in [0.15, 0.2) is 0 Å². The molecule has 0 bridgehead atoms. The lowest BCUT2D eigenvalue weighted by atomic mass is 9.99. The van der Waals surface area contributed by atoms with Crippen molar-refractivity contribution in [2.45, 2.75) is 31.2 Å². The molecule has 3 aromatic carbocycles. The zero-order chi connectivity index (χ0) is 21.1. The Balaban J connectivity index is 1.44. The Bertz CT molecular complexity index is 1130. The van der Waals surface area contributed by atoms with Crippen LogP contribution in [0.3, 0.4) is 0 Å². The van der Waals surface area contributed by atoms with Crippen molar-refractivity contribution in [1.29, 1.82) is 0 Å². The fraction of sp³-hybridized carbons (Fsp3) is 0.333. The number of fused-ring (bicyclic) bond motifs is 1. The number of ether oxygens (including phenoxy) is 1. The van der Waals surface area contributed by atoms with Crippen LogP contribution in [0, 0.1) is 5.92 Å².